The summed E-state index contributed by atoms with van der Waals surface area (Å²) in [6.07, 6.45) is 2.09. The molecule has 6 aromatic carbocycles. The van der Waals surface area contributed by atoms with Crippen molar-refractivity contribution in [2.24, 2.45) is 0 Å². The molecule has 7 rings (SSSR count). The lowest BCUT2D eigenvalue weighted by Crippen LogP contribution is -2.61. The van der Waals surface area contributed by atoms with Crippen LogP contribution in [0.2, 0.25) is 0 Å². The van der Waals surface area contributed by atoms with Crippen LogP contribution < -0.4 is 42.5 Å². The molecule has 1 aliphatic heterocycles. The zero-order valence-corrected chi connectivity index (χ0v) is 28.0. The van der Waals surface area contributed by atoms with E-state index in [1.54, 1.807) is 0 Å². The number of nitrogens with one attached hydrogen (secondary N) is 2. The third-order valence-electron chi connectivity index (χ3n) is 9.55. The fourth-order valence-corrected chi connectivity index (χ4v) is 16.5. The van der Waals surface area contributed by atoms with E-state index in [0.29, 0.717) is 0 Å². The molecule has 0 spiro atoms. The average molecular weight is 637 g/mol. The normalized spacial score (nSPS) is 17.0. The predicted octanol–water partition coefficient (Wildman–Crippen LogP) is 5.90. The second kappa shape index (κ2) is 14.3. The highest BCUT2D eigenvalue weighted by Crippen LogP contribution is 2.59. The summed E-state index contributed by atoms with van der Waals surface area (Å²) in [5.41, 5.74) is 0. The Morgan fingerprint density at radius 2 is 0.522 bits per heavy atom. The lowest BCUT2D eigenvalue weighted by atomic mass is 10.1. The molecule has 0 bridgehead atoms. The van der Waals surface area contributed by atoms with Gasteiger partial charge in [0.2, 0.25) is 0 Å². The Labute approximate surface area is 275 Å². The third kappa shape index (κ3) is 6.00. The quantitative estimate of drug-likeness (QED) is 0.183. The summed E-state index contributed by atoms with van der Waals surface area (Å²) in [7, 11) is -4.06. The maximum Gasteiger partial charge on any atom is 0.113 e. The minimum absolute atomic E-state index is 0.276. The minimum atomic E-state index is -2.03. The van der Waals surface area contributed by atoms with Crippen molar-refractivity contribution in [2.45, 2.75) is 12.1 Å². The van der Waals surface area contributed by atoms with Crippen molar-refractivity contribution in [3.8, 4) is 0 Å². The first-order chi connectivity index (χ1) is 22.8. The van der Waals surface area contributed by atoms with Crippen LogP contribution in [0.4, 0.5) is 0 Å². The standard InChI is InChI=1S/C42H42N2P2/c1-7-19-35(20-8-1)45(36-21-9-2-10-22-36,37-23-11-3-12-24-37)33-41-42(44-32-31-43-41)34-46(38-25-13-4-14-26-38,39-27-15-5-16-28-39)40-29-17-6-18-30-40/h1-30,41-44H,31-34H2/q+2/t41-,42-/m1/s1. The van der Waals surface area contributed by atoms with Crippen LogP contribution in [0.5, 0.6) is 0 Å². The molecule has 1 fully saturated rings. The van der Waals surface area contributed by atoms with Crippen LogP contribution in [0.1, 0.15) is 0 Å². The topological polar surface area (TPSA) is 24.1 Å². The lowest BCUT2D eigenvalue weighted by Gasteiger charge is -2.40. The number of benzene rings is 6. The van der Waals surface area contributed by atoms with Gasteiger partial charge in [-0.2, -0.15) is 0 Å². The number of rotatable bonds is 10. The highest BCUT2D eigenvalue weighted by molar-refractivity contribution is 7.96. The Kier molecular flexibility index (Phi) is 9.52. The van der Waals surface area contributed by atoms with E-state index in [2.05, 4.69) is 193 Å². The highest BCUT2D eigenvalue weighted by Gasteiger charge is 2.53. The first kappa shape index (κ1) is 30.7. The average Bonchev–Trinajstić information content (AvgIpc) is 3.15. The van der Waals surface area contributed by atoms with E-state index >= 15 is 0 Å². The van der Waals surface area contributed by atoms with E-state index in [9.17, 15) is 0 Å². The largest absolute Gasteiger partial charge is 0.308 e. The van der Waals surface area contributed by atoms with Gasteiger partial charge >= 0.3 is 0 Å². The summed E-state index contributed by atoms with van der Waals surface area (Å²) in [5.74, 6) is 0. The van der Waals surface area contributed by atoms with Crippen molar-refractivity contribution < 1.29 is 0 Å². The molecule has 2 nitrogen and oxygen atoms in total. The van der Waals surface area contributed by atoms with Gasteiger partial charge in [0, 0.05) is 13.1 Å². The van der Waals surface area contributed by atoms with Gasteiger partial charge in [0.05, 0.1) is 24.4 Å². The highest BCUT2D eigenvalue weighted by atomic mass is 31.2. The zero-order chi connectivity index (χ0) is 31.1. The Balaban J connectivity index is 1.39. The van der Waals surface area contributed by atoms with Gasteiger partial charge in [-0.3, -0.25) is 0 Å². The van der Waals surface area contributed by atoms with Crippen LogP contribution in [0.15, 0.2) is 182 Å². The maximum absolute atomic E-state index is 4.09. The monoisotopic (exact) mass is 636 g/mol. The fourth-order valence-electron chi connectivity index (χ4n) is 7.40. The predicted molar refractivity (Wildman–Crippen MR) is 204 cm³/mol. The van der Waals surface area contributed by atoms with Crippen molar-refractivity contribution in [1.29, 1.82) is 0 Å². The maximum atomic E-state index is 4.09. The van der Waals surface area contributed by atoms with Crippen molar-refractivity contribution in [3.63, 3.8) is 0 Å². The summed E-state index contributed by atoms with van der Waals surface area (Å²) in [6, 6.07) is 68.5. The van der Waals surface area contributed by atoms with Crippen LogP contribution >= 0.6 is 14.5 Å². The first-order valence-corrected chi connectivity index (χ1v) is 20.3. The molecular weight excluding hydrogens is 594 g/mol. The van der Waals surface area contributed by atoms with Gasteiger partial charge in [0.15, 0.2) is 0 Å². The molecule has 2 N–H and O–H groups in total. The molecule has 0 saturated carbocycles. The zero-order valence-electron chi connectivity index (χ0n) is 26.2. The Bertz CT molecular complexity index is 1450. The van der Waals surface area contributed by atoms with Crippen molar-refractivity contribution in [3.05, 3.63) is 182 Å². The van der Waals surface area contributed by atoms with Gasteiger partial charge in [-0.05, 0) is 72.8 Å². The van der Waals surface area contributed by atoms with Crippen molar-refractivity contribution in [2.75, 3.05) is 25.4 Å². The van der Waals surface area contributed by atoms with Crippen molar-refractivity contribution >= 4 is 46.4 Å². The summed E-state index contributed by atoms with van der Waals surface area (Å²) in [5, 5.41) is 16.8. The van der Waals surface area contributed by atoms with Gasteiger partial charge in [0.1, 0.15) is 46.4 Å². The summed E-state index contributed by atoms with van der Waals surface area (Å²) in [4.78, 5) is 0. The lowest BCUT2D eigenvalue weighted by molar-refractivity contribution is 0.364. The van der Waals surface area contributed by atoms with Crippen LogP contribution in [-0.4, -0.2) is 37.5 Å². The first-order valence-electron chi connectivity index (χ1n) is 16.4. The van der Waals surface area contributed by atoms with Gasteiger partial charge < -0.3 is 10.6 Å². The van der Waals surface area contributed by atoms with E-state index in [1.807, 2.05) is 0 Å². The van der Waals surface area contributed by atoms with E-state index in [4.69, 9.17) is 0 Å². The molecule has 1 heterocycles. The minimum Gasteiger partial charge on any atom is -0.308 e. The van der Waals surface area contributed by atoms with Crippen LogP contribution in [0.25, 0.3) is 0 Å². The molecule has 46 heavy (non-hydrogen) atoms. The van der Waals surface area contributed by atoms with E-state index in [1.165, 1.54) is 31.8 Å². The van der Waals surface area contributed by atoms with Crippen LogP contribution in [-0.2, 0) is 0 Å². The van der Waals surface area contributed by atoms with E-state index in [0.717, 1.165) is 25.4 Å². The molecule has 2 atom stereocenters. The molecule has 1 aliphatic rings. The Morgan fingerprint density at radius 1 is 0.326 bits per heavy atom. The molecule has 0 radical (unpaired) electrons. The van der Waals surface area contributed by atoms with Crippen molar-refractivity contribution in [1.82, 2.24) is 10.6 Å². The third-order valence-corrected chi connectivity index (χ3v) is 18.5. The van der Waals surface area contributed by atoms with Crippen LogP contribution in [0, 0.1) is 0 Å². The number of hydrogen-bond acceptors (Lipinski definition) is 2. The molecular formula is C42H42N2P2+2. The van der Waals surface area contributed by atoms with Gasteiger partial charge in [-0.1, -0.05) is 109 Å². The fraction of sp³-hybridized carbons (Fsp3) is 0.143. The molecule has 0 aromatic heterocycles. The second-order valence-corrected chi connectivity index (χ2v) is 19.2. The SMILES string of the molecule is c1ccc([P+](C[C@H]2NCCN[C@@H]2C[P+](c2ccccc2)(c2ccccc2)c2ccccc2)(c2ccccc2)c2ccccc2)cc1. The van der Waals surface area contributed by atoms with E-state index in [-0.39, 0.29) is 12.1 Å². The molecule has 1 saturated heterocycles. The van der Waals surface area contributed by atoms with Gasteiger partial charge in [0.25, 0.3) is 0 Å². The van der Waals surface area contributed by atoms with Gasteiger partial charge in [-0.25, -0.2) is 0 Å². The molecule has 0 aliphatic carbocycles. The second-order valence-electron chi connectivity index (χ2n) is 12.1. The Hall–Kier alpha value is -3.90. The van der Waals surface area contributed by atoms with Gasteiger partial charge in [-0.15, -0.1) is 0 Å². The molecule has 0 amide bonds. The Morgan fingerprint density at radius 3 is 0.717 bits per heavy atom. The number of hydrogen-bond donors (Lipinski definition) is 2. The smallest absolute Gasteiger partial charge is 0.113 e. The van der Waals surface area contributed by atoms with Crippen LogP contribution in [0.3, 0.4) is 0 Å². The van der Waals surface area contributed by atoms with E-state index < -0.39 is 14.5 Å². The summed E-state index contributed by atoms with van der Waals surface area (Å²) in [6.45, 7) is 1.93. The molecule has 4 heteroatoms. The summed E-state index contributed by atoms with van der Waals surface area (Å²) >= 11 is 0. The molecule has 228 valence electrons. The number of piperazine rings is 1. The molecule has 6 aromatic rings. The molecule has 0 unspecified atom stereocenters. The summed E-state index contributed by atoms with van der Waals surface area (Å²) < 4.78 is 0.